The van der Waals surface area contributed by atoms with Crippen molar-refractivity contribution < 1.29 is 168 Å². The minimum absolute atomic E-state index is 0.0326. The van der Waals surface area contributed by atoms with Crippen LogP contribution in [0.25, 0.3) is 0 Å². The maximum atomic E-state index is 12.1. The van der Waals surface area contributed by atoms with Crippen LogP contribution in [0.4, 0.5) is 21.9 Å². The van der Waals surface area contributed by atoms with E-state index in [1.807, 2.05) is 0 Å². The number of benzene rings is 1. The number of nitrogens with two attached hydrogens (primary N) is 1. The lowest BCUT2D eigenvalue weighted by molar-refractivity contribution is -0.395. The molecule has 103 heavy (non-hydrogen) atoms. The molecule has 0 saturated carbocycles. The smallest absolute Gasteiger partial charge is 0.316 e. The fraction of sp³-hybridized carbons (Fsp3) is 0.780. The number of aliphatic hydroxyl groups is 19. The van der Waals surface area contributed by atoms with Crippen LogP contribution >= 0.6 is 22.7 Å². The highest BCUT2D eigenvalue weighted by Crippen LogP contribution is 2.40. The molecule has 42 nitrogen and oxygen atoms in total. The summed E-state index contributed by atoms with van der Waals surface area (Å²) in [6.07, 6.45) is -70.2. The minimum atomic E-state index is -2.23. The number of anilines is 3. The summed E-state index contributed by atoms with van der Waals surface area (Å²) in [5, 5.41) is 239. The first-order valence-electron chi connectivity index (χ1n) is 33.1. The van der Waals surface area contributed by atoms with Gasteiger partial charge in [0.25, 0.3) is 0 Å². The van der Waals surface area contributed by atoms with Crippen LogP contribution < -0.4 is 32.3 Å². The first-order valence-corrected chi connectivity index (χ1v) is 34.9. The number of aliphatic hydroxyl groups excluding tert-OH is 19. The molecule has 22 bridgehead atoms. The Morgan fingerprint density at radius 2 is 0.641 bits per heavy atom. The normalized spacial score (nSPS) is 45.5. The van der Waals surface area contributed by atoms with Gasteiger partial charge in [-0.05, 0) is 18.2 Å². The fourth-order valence-corrected chi connectivity index (χ4v) is 15.0. The number of rotatable bonds is 6. The first-order chi connectivity index (χ1) is 49.4. The molecule has 24 aliphatic heterocycles. The molecule has 1 aromatic carbocycles. The number of nitrogens with zero attached hydrogens (tertiary/aromatic N) is 2. The van der Waals surface area contributed by atoms with Crippen molar-refractivity contribution in [1.29, 1.82) is 0 Å². The predicted octanol–water partition coefficient (Wildman–Crippen LogP) is -11.7. The van der Waals surface area contributed by atoms with E-state index in [0.717, 1.165) is 0 Å². The fourth-order valence-electron chi connectivity index (χ4n) is 13.6. The average molecular weight is 1520 g/mol. The molecular formula is C59H88N8O34S2. The molecule has 2 amide bonds. The summed E-state index contributed by atoms with van der Waals surface area (Å²) >= 11 is 2.51. The van der Waals surface area contributed by atoms with Gasteiger partial charge in [0.1, 0.15) is 181 Å². The molecule has 2 aromatic heterocycles. The summed E-state index contributed by atoms with van der Waals surface area (Å²) in [6.45, 7) is -5.76. The second-order valence-corrected chi connectivity index (χ2v) is 27.9. The molecule has 0 aliphatic carbocycles. The van der Waals surface area contributed by atoms with E-state index in [4.69, 9.17) is 82.0 Å². The van der Waals surface area contributed by atoms with Crippen LogP contribution in [-0.4, -0.2) is 374 Å². The van der Waals surface area contributed by atoms with E-state index in [0.29, 0.717) is 38.5 Å². The highest BCUT2D eigenvalue weighted by Gasteiger charge is 2.60. The summed E-state index contributed by atoms with van der Waals surface area (Å²) in [6, 6.07) is 4.16. The van der Waals surface area contributed by atoms with Crippen molar-refractivity contribution in [3.8, 4) is 0 Å². The zero-order valence-electron chi connectivity index (χ0n) is 54.3. The monoisotopic (exact) mass is 1520 g/mol. The third kappa shape index (κ3) is 17.1. The third-order valence-electron chi connectivity index (χ3n) is 19.0. The van der Waals surface area contributed by atoms with E-state index in [9.17, 15) is 102 Å². The minimum Gasteiger partial charge on any atom is -0.394 e. The molecule has 0 spiro atoms. The lowest BCUT2D eigenvalue weighted by atomic mass is 9.95. The van der Waals surface area contributed by atoms with E-state index < -0.39 is 254 Å². The Morgan fingerprint density at radius 3 is 0.913 bits per heavy atom. The quantitative estimate of drug-likeness (QED) is 0.109. The van der Waals surface area contributed by atoms with Gasteiger partial charge in [0.05, 0.1) is 57.5 Å². The summed E-state index contributed by atoms with van der Waals surface area (Å²) in [4.78, 5) is 21.5. The first kappa shape index (κ1) is 78.5. The van der Waals surface area contributed by atoms with Crippen molar-refractivity contribution in [1.82, 2.24) is 20.6 Å². The maximum Gasteiger partial charge on any atom is 0.316 e. The number of ether oxygens (including phenoxy) is 14. The largest absolute Gasteiger partial charge is 0.394 e. The second kappa shape index (κ2) is 34.3. The van der Waals surface area contributed by atoms with Crippen LogP contribution in [0.15, 0.2) is 29.0 Å². The third-order valence-corrected chi connectivity index (χ3v) is 20.8. The van der Waals surface area contributed by atoms with Crippen molar-refractivity contribution in [2.45, 2.75) is 241 Å². The maximum absolute atomic E-state index is 12.1. The number of amides is 2. The summed E-state index contributed by atoms with van der Waals surface area (Å²) < 4.78 is 84.0. The van der Waals surface area contributed by atoms with Gasteiger partial charge in [-0.1, -0.05) is 0 Å². The van der Waals surface area contributed by atoms with E-state index >= 15 is 0 Å². The second-order valence-electron chi connectivity index (χ2n) is 26.0. The van der Waals surface area contributed by atoms with Crippen molar-refractivity contribution in [2.24, 2.45) is 5.73 Å². The Balaban J connectivity index is 0.908. The van der Waals surface area contributed by atoms with Crippen LogP contribution in [0.3, 0.4) is 0 Å². The Morgan fingerprint density at radius 1 is 0.379 bits per heavy atom. The van der Waals surface area contributed by atoms with Crippen molar-refractivity contribution in [3.63, 3.8) is 0 Å². The van der Waals surface area contributed by atoms with Gasteiger partial charge in [0.2, 0.25) is 0 Å². The van der Waals surface area contributed by atoms with Gasteiger partial charge >= 0.3 is 6.03 Å². The molecule has 35 atom stereocenters. The van der Waals surface area contributed by atoms with Gasteiger partial charge in [0, 0.05) is 54.0 Å². The van der Waals surface area contributed by atoms with E-state index in [2.05, 4.69) is 26.6 Å². The molecule has 24 aliphatic rings. The molecule has 26 heterocycles. The molecule has 26 N–H and O–H groups in total. The van der Waals surface area contributed by atoms with E-state index in [-0.39, 0.29) is 39.3 Å². The molecule has 27 rings (SSSR count). The van der Waals surface area contributed by atoms with Crippen molar-refractivity contribution in [2.75, 3.05) is 62.1 Å². The van der Waals surface area contributed by atoms with Crippen LogP contribution in [0.1, 0.15) is 21.4 Å². The molecular weight excluding hydrogens is 1430 g/mol. The van der Waals surface area contributed by atoms with Crippen LogP contribution in [0.5, 0.6) is 0 Å². The van der Waals surface area contributed by atoms with E-state index in [1.54, 1.807) is 29.0 Å². The summed E-state index contributed by atoms with van der Waals surface area (Å²) in [5.74, 6) is 0. The molecule has 44 heteroatoms. The summed E-state index contributed by atoms with van der Waals surface area (Å²) in [5.41, 5.74) is 7.78. The standard InChI is InChI=1S/C59H88N8O34S2/c60-59(87)67-19-2-17-1-18(3-19)64-9-30-66-21(16-103-30)5-62-7-23-46-31(73)38(80)52(88-23)97-47-24(10-68)92-56(42(84)35(47)77)99-49-26(12-70)90-54(40(82)33(49)75)95-45-22(6-61-4-20-15-102-29(65-20)8-63-17)89-53(39(81)32(45)74)98-48-25(11-69)93-57(43(85)36(48)78)101-51-28(14-72)94-58(44(86)37(51)79)100-50-27(13-71)91-55(96-46)41(83)34(50)76/h1-3,15-16,22-28,31-58,61-64,68-86H,4-14H2,(H3,60,67,87)/t22-,23-,24-,25-,26-,27-,28-,31?,32?,33?,34?,35?,36?,37?,38?,39?,40?,41?,42?,43?,44?,45-,46-,47-,48-,49-,50-,51-,52-,53-,54-,55-,56-,57-,58-/m1/s1. The predicted molar refractivity (Wildman–Crippen MR) is 336 cm³/mol. The molecule has 21 fully saturated rings. The number of aromatic nitrogens is 2. The molecule has 3 aromatic rings. The average Bonchev–Trinajstić information content (AvgIpc) is 0.957. The Kier molecular flexibility index (Phi) is 26.1. The topological polar surface area (TPSA) is 643 Å². The van der Waals surface area contributed by atoms with E-state index in [1.165, 1.54) is 22.7 Å². The molecule has 0 radical (unpaired) electrons. The lowest BCUT2D eigenvalue weighted by Crippen LogP contribution is -2.68. The van der Waals surface area contributed by atoms with Gasteiger partial charge in [-0.15, -0.1) is 22.7 Å². The molecule has 21 saturated heterocycles. The number of hydrogen-bond donors (Lipinski definition) is 25. The number of thiazole rings is 2. The Hall–Kier alpha value is -4.05. The zero-order valence-corrected chi connectivity index (χ0v) is 55.9. The van der Waals surface area contributed by atoms with Crippen LogP contribution in [-0.2, 0) is 92.5 Å². The highest BCUT2D eigenvalue weighted by atomic mass is 32.1. The number of nitrogens with one attached hydrogen (secondary N) is 5. The lowest BCUT2D eigenvalue weighted by Gasteiger charge is -2.50. The Bertz CT molecular complexity index is 3190. The van der Waals surface area contributed by atoms with Gasteiger partial charge in [-0.3, -0.25) is 0 Å². The SMILES string of the molecule is NC(=O)Nc1cc2cc(c1)NCc1nc(cs1)CNC[C@H]1O[C@@H]3O[C@H]4C(O)C(O)[C@H](O[C@@H]4CO)O[C@H]4C(O)C(O)[C@H](O[C@@H]4CO)O[C@H]4C(O)C(O)[C@H](O[C@@H]4CO)O[C@H]4C(O)C(O)[C@H](O[C@@H]4CNCc4csc(n4)CN2)O[C@H]2C(O)C(O)[C@H](O[C@@H]2CO)O[C@H]2C(O)C(O)[C@H](O[C@@H]2CO)O[C@H]1C(O)C3O. The number of primary amides is 1. The number of hydrogen-bond acceptors (Lipinski definition) is 42. The van der Waals surface area contributed by atoms with Gasteiger partial charge in [0.15, 0.2) is 44.0 Å². The van der Waals surface area contributed by atoms with Crippen LogP contribution in [0.2, 0.25) is 0 Å². The van der Waals surface area contributed by atoms with Crippen molar-refractivity contribution in [3.05, 3.63) is 50.4 Å². The van der Waals surface area contributed by atoms with Gasteiger partial charge in [-0.25, -0.2) is 14.8 Å². The van der Waals surface area contributed by atoms with Gasteiger partial charge in [-0.2, -0.15) is 0 Å². The van der Waals surface area contributed by atoms with Gasteiger partial charge < -0.3 is 196 Å². The summed E-state index contributed by atoms with van der Waals surface area (Å²) in [7, 11) is 0. The Labute approximate surface area is 591 Å². The van der Waals surface area contributed by atoms with Crippen molar-refractivity contribution >= 4 is 45.8 Å². The number of carbonyl (C=O) groups excluding carboxylic acids is 1. The zero-order chi connectivity index (χ0) is 73.4. The van der Waals surface area contributed by atoms with Crippen LogP contribution in [0, 0.1) is 0 Å². The number of carbonyl (C=O) groups is 1. The molecule has 580 valence electrons. The molecule has 14 unspecified atom stereocenters. The highest BCUT2D eigenvalue weighted by molar-refractivity contribution is 7.09. The number of urea groups is 1.